The van der Waals surface area contributed by atoms with Crippen LogP contribution in [0.15, 0.2) is 26.7 Å². The quantitative estimate of drug-likeness (QED) is 0.931. The lowest BCUT2D eigenvalue weighted by Crippen LogP contribution is -1.98. The van der Waals surface area contributed by atoms with E-state index in [1.165, 1.54) is 0 Å². The van der Waals surface area contributed by atoms with E-state index in [0.717, 1.165) is 21.1 Å². The van der Waals surface area contributed by atoms with Crippen LogP contribution in [0, 0.1) is 6.92 Å². The minimum atomic E-state index is 0.679. The normalized spacial score (nSPS) is 10.4. The highest BCUT2D eigenvalue weighted by Crippen LogP contribution is 2.20. The molecule has 0 saturated carbocycles. The van der Waals surface area contributed by atoms with E-state index < -0.39 is 0 Å². The molecule has 0 bridgehead atoms. The second kappa shape index (κ2) is 4.14. The van der Waals surface area contributed by atoms with Crippen molar-refractivity contribution in [3.05, 3.63) is 33.6 Å². The van der Waals surface area contributed by atoms with E-state index in [0.29, 0.717) is 6.54 Å². The van der Waals surface area contributed by atoms with Crippen molar-refractivity contribution < 1.29 is 4.42 Å². The summed E-state index contributed by atoms with van der Waals surface area (Å²) in [6.45, 7) is 2.71. The fraction of sp³-hybridized carbons (Fsp3) is 0.222. The van der Waals surface area contributed by atoms with Crippen molar-refractivity contribution in [1.82, 2.24) is 4.98 Å². The van der Waals surface area contributed by atoms with E-state index in [9.17, 15) is 0 Å². The van der Waals surface area contributed by atoms with Crippen LogP contribution in [0.4, 0.5) is 5.13 Å². The summed E-state index contributed by atoms with van der Waals surface area (Å²) < 4.78 is 6.16. The molecule has 0 saturated heterocycles. The predicted molar refractivity (Wildman–Crippen MR) is 60.6 cm³/mol. The first kappa shape index (κ1) is 9.73. The summed E-state index contributed by atoms with van der Waals surface area (Å²) in [6.07, 6.45) is 1.70. The number of nitrogens with one attached hydrogen (secondary N) is 1. The third kappa shape index (κ3) is 2.16. The molecule has 0 aromatic carbocycles. The third-order valence-electron chi connectivity index (χ3n) is 1.84. The fourth-order valence-electron chi connectivity index (χ4n) is 1.08. The van der Waals surface area contributed by atoms with Gasteiger partial charge in [0.25, 0.3) is 0 Å². The molecule has 2 heterocycles. The number of nitrogens with zero attached hydrogens (tertiary/aromatic N) is 1. The van der Waals surface area contributed by atoms with Crippen molar-refractivity contribution in [3.8, 4) is 0 Å². The Kier molecular flexibility index (Phi) is 2.88. The van der Waals surface area contributed by atoms with E-state index >= 15 is 0 Å². The highest BCUT2D eigenvalue weighted by atomic mass is 79.9. The maximum absolute atomic E-state index is 5.30. The predicted octanol–water partition coefficient (Wildman–Crippen LogP) is 3.42. The molecule has 0 aliphatic carbocycles. The molecule has 0 fully saturated rings. The van der Waals surface area contributed by atoms with Crippen molar-refractivity contribution in [2.45, 2.75) is 13.5 Å². The van der Waals surface area contributed by atoms with Gasteiger partial charge >= 0.3 is 0 Å². The Balaban J connectivity index is 1.98. The molecular formula is C9H9BrN2OS. The van der Waals surface area contributed by atoms with Gasteiger partial charge in [0, 0.05) is 5.38 Å². The fourth-order valence-corrected chi connectivity index (χ4v) is 2.22. The van der Waals surface area contributed by atoms with Gasteiger partial charge in [-0.3, -0.25) is 0 Å². The summed E-state index contributed by atoms with van der Waals surface area (Å²) in [5.41, 5.74) is 1.16. The van der Waals surface area contributed by atoms with Crippen LogP contribution in [0.1, 0.15) is 11.3 Å². The number of aryl methyl sites for hydroxylation is 1. The van der Waals surface area contributed by atoms with Gasteiger partial charge < -0.3 is 9.73 Å². The summed E-state index contributed by atoms with van der Waals surface area (Å²) in [5.74, 6) is 0.955. The van der Waals surface area contributed by atoms with Gasteiger partial charge in [-0.25, -0.2) is 4.98 Å². The molecule has 0 unspecified atom stereocenters. The van der Waals surface area contributed by atoms with Crippen LogP contribution in [-0.2, 0) is 6.54 Å². The van der Waals surface area contributed by atoms with Crippen LogP contribution in [-0.4, -0.2) is 4.98 Å². The van der Waals surface area contributed by atoms with Gasteiger partial charge in [-0.1, -0.05) is 0 Å². The van der Waals surface area contributed by atoms with Gasteiger partial charge in [0.1, 0.15) is 10.4 Å². The maximum atomic E-state index is 5.30. The Hall–Kier alpha value is -0.810. The minimum Gasteiger partial charge on any atom is -0.467 e. The number of halogens is 1. The molecule has 0 amide bonds. The molecule has 3 nitrogen and oxygen atoms in total. The Morgan fingerprint density at radius 2 is 2.50 bits per heavy atom. The highest BCUT2D eigenvalue weighted by molar-refractivity contribution is 9.10. The number of rotatable bonds is 3. The number of anilines is 1. The van der Waals surface area contributed by atoms with Crippen molar-refractivity contribution in [2.75, 3.05) is 5.32 Å². The van der Waals surface area contributed by atoms with Crippen LogP contribution in [0.2, 0.25) is 0 Å². The van der Waals surface area contributed by atoms with Crippen LogP contribution >= 0.6 is 27.3 Å². The van der Waals surface area contributed by atoms with E-state index in [1.54, 1.807) is 17.6 Å². The molecule has 0 atom stereocenters. The van der Waals surface area contributed by atoms with Gasteiger partial charge in [0.15, 0.2) is 5.13 Å². The molecule has 2 aromatic rings. The summed E-state index contributed by atoms with van der Waals surface area (Å²) >= 11 is 4.87. The second-order valence-electron chi connectivity index (χ2n) is 2.86. The average Bonchev–Trinajstić information content (AvgIpc) is 2.72. The number of furan rings is 1. The summed E-state index contributed by atoms with van der Waals surface area (Å²) in [4.78, 5) is 4.22. The topological polar surface area (TPSA) is 38.1 Å². The molecule has 0 spiro atoms. The van der Waals surface area contributed by atoms with Crippen molar-refractivity contribution in [2.24, 2.45) is 0 Å². The minimum absolute atomic E-state index is 0.679. The van der Waals surface area contributed by atoms with Crippen LogP contribution in [0.25, 0.3) is 0 Å². The molecule has 5 heteroatoms. The summed E-state index contributed by atoms with van der Waals surface area (Å²) in [5, 5.41) is 6.03. The molecule has 14 heavy (non-hydrogen) atoms. The lowest BCUT2D eigenvalue weighted by Gasteiger charge is -1.99. The Morgan fingerprint density at radius 3 is 3.07 bits per heavy atom. The van der Waals surface area contributed by atoms with Crippen molar-refractivity contribution in [3.63, 3.8) is 0 Å². The molecular weight excluding hydrogens is 264 g/mol. The highest BCUT2D eigenvalue weighted by Gasteiger charge is 2.03. The number of thiazole rings is 1. The summed E-state index contributed by atoms with van der Waals surface area (Å²) in [6, 6.07) is 1.95. The molecule has 1 N–H and O–H groups in total. The van der Waals surface area contributed by atoms with Crippen molar-refractivity contribution in [1.29, 1.82) is 0 Å². The number of aromatic nitrogens is 1. The van der Waals surface area contributed by atoms with E-state index in [2.05, 4.69) is 26.2 Å². The van der Waals surface area contributed by atoms with Gasteiger partial charge in [0.05, 0.1) is 12.8 Å². The molecule has 74 valence electrons. The molecule has 0 aliphatic heterocycles. The van der Waals surface area contributed by atoms with Gasteiger partial charge in [-0.15, -0.1) is 11.3 Å². The Morgan fingerprint density at radius 1 is 1.64 bits per heavy atom. The Labute approximate surface area is 94.3 Å². The zero-order valence-corrected chi connectivity index (χ0v) is 9.98. The zero-order chi connectivity index (χ0) is 9.97. The average molecular weight is 273 g/mol. The Bertz CT molecular complexity index is 424. The first-order valence-electron chi connectivity index (χ1n) is 4.13. The SMILES string of the molecule is Cc1ccoc1CNc1nc(Br)cs1. The van der Waals surface area contributed by atoms with E-state index in [4.69, 9.17) is 4.42 Å². The largest absolute Gasteiger partial charge is 0.467 e. The van der Waals surface area contributed by atoms with Crippen molar-refractivity contribution >= 4 is 32.4 Å². The summed E-state index contributed by atoms with van der Waals surface area (Å²) in [7, 11) is 0. The second-order valence-corrected chi connectivity index (χ2v) is 4.53. The van der Waals surface area contributed by atoms with Gasteiger partial charge in [-0.2, -0.15) is 0 Å². The third-order valence-corrected chi connectivity index (χ3v) is 3.35. The van der Waals surface area contributed by atoms with E-state index in [1.807, 2.05) is 18.4 Å². The van der Waals surface area contributed by atoms with Crippen LogP contribution in [0.3, 0.4) is 0 Å². The zero-order valence-electron chi connectivity index (χ0n) is 7.58. The van der Waals surface area contributed by atoms with Crippen LogP contribution < -0.4 is 5.32 Å². The number of hydrogen-bond donors (Lipinski definition) is 1. The van der Waals surface area contributed by atoms with Gasteiger partial charge in [0.2, 0.25) is 0 Å². The lowest BCUT2D eigenvalue weighted by atomic mass is 10.3. The lowest BCUT2D eigenvalue weighted by molar-refractivity contribution is 0.515. The smallest absolute Gasteiger partial charge is 0.184 e. The monoisotopic (exact) mass is 272 g/mol. The van der Waals surface area contributed by atoms with Gasteiger partial charge in [-0.05, 0) is 34.5 Å². The molecule has 2 aromatic heterocycles. The first-order valence-corrected chi connectivity index (χ1v) is 5.81. The number of hydrogen-bond acceptors (Lipinski definition) is 4. The maximum Gasteiger partial charge on any atom is 0.184 e. The molecule has 0 radical (unpaired) electrons. The standard InChI is InChI=1S/C9H9BrN2OS/c1-6-2-3-13-7(6)4-11-9-12-8(10)5-14-9/h2-3,5H,4H2,1H3,(H,11,12). The molecule has 2 rings (SSSR count). The van der Waals surface area contributed by atoms with E-state index in [-0.39, 0.29) is 0 Å². The first-order chi connectivity index (χ1) is 6.75. The van der Waals surface area contributed by atoms with Crippen LogP contribution in [0.5, 0.6) is 0 Å². The molecule has 0 aliphatic rings.